The smallest absolute Gasteiger partial charge is 0.387 e. The summed E-state index contributed by atoms with van der Waals surface area (Å²) in [6, 6.07) is 3.66. The molecule has 0 saturated carbocycles. The first-order valence-electron chi connectivity index (χ1n) is 8.55. The van der Waals surface area contributed by atoms with Crippen molar-refractivity contribution in [2.45, 2.75) is 19.1 Å². The molecule has 29 heavy (non-hydrogen) atoms. The van der Waals surface area contributed by atoms with Gasteiger partial charge in [-0.25, -0.2) is 13.2 Å². The largest absolute Gasteiger partial charge is 0.493 e. The Morgan fingerprint density at radius 1 is 1.31 bits per heavy atom. The Balaban J connectivity index is 1.88. The molecule has 0 aliphatic carbocycles. The van der Waals surface area contributed by atoms with Gasteiger partial charge in [0.25, 0.3) is 5.91 Å². The maximum absolute atomic E-state index is 12.3. The highest BCUT2D eigenvalue weighted by atomic mass is 32.2. The second-order valence-electron chi connectivity index (χ2n) is 6.29. The Labute approximate surface area is 166 Å². The normalized spacial score (nSPS) is 18.0. The summed E-state index contributed by atoms with van der Waals surface area (Å²) in [6.45, 7) is -3.53. The van der Waals surface area contributed by atoms with Gasteiger partial charge in [0.2, 0.25) is 0 Å². The number of rotatable bonds is 8. The summed E-state index contributed by atoms with van der Waals surface area (Å²) in [5.74, 6) is -1.46. The third-order valence-corrected chi connectivity index (χ3v) is 6.05. The van der Waals surface area contributed by atoms with E-state index >= 15 is 0 Å². The minimum atomic E-state index is -3.13. The van der Waals surface area contributed by atoms with E-state index in [0.29, 0.717) is 12.0 Å². The Bertz CT molecular complexity index is 886. The van der Waals surface area contributed by atoms with Crippen LogP contribution in [0.4, 0.5) is 8.78 Å². The molecule has 1 aromatic rings. The highest BCUT2D eigenvalue weighted by Gasteiger charge is 2.32. The number of hydrogen-bond donors (Lipinski definition) is 0. The lowest BCUT2D eigenvalue weighted by Gasteiger charge is -2.22. The van der Waals surface area contributed by atoms with Crippen molar-refractivity contribution in [1.29, 1.82) is 0 Å². The second-order valence-corrected chi connectivity index (χ2v) is 8.52. The number of sulfone groups is 1. The van der Waals surface area contributed by atoms with Gasteiger partial charge < -0.3 is 19.1 Å². The van der Waals surface area contributed by atoms with Crippen LogP contribution in [0.25, 0.3) is 6.08 Å². The number of carbonyl (C=O) groups is 2. The molecule has 1 aliphatic heterocycles. The molecule has 160 valence electrons. The highest BCUT2D eigenvalue weighted by Crippen LogP contribution is 2.29. The molecular weight excluding hydrogens is 412 g/mol. The lowest BCUT2D eigenvalue weighted by molar-refractivity contribution is -0.148. The van der Waals surface area contributed by atoms with Gasteiger partial charge in [-0.05, 0) is 30.2 Å². The molecule has 1 fully saturated rings. The Kier molecular flexibility index (Phi) is 7.54. The summed E-state index contributed by atoms with van der Waals surface area (Å²) in [7, 11) is -0.384. The third-order valence-electron chi connectivity index (χ3n) is 4.30. The zero-order valence-electron chi connectivity index (χ0n) is 15.8. The van der Waals surface area contributed by atoms with Gasteiger partial charge in [0.15, 0.2) is 27.9 Å². The SMILES string of the molecule is COc1cc(/C=C/C(=O)OCC(=O)N(C)C2CCS(=O)(=O)C2)ccc1OC(F)F. The second kappa shape index (κ2) is 9.68. The summed E-state index contributed by atoms with van der Waals surface area (Å²) in [5.41, 5.74) is 0.458. The number of methoxy groups -OCH3 is 1. The van der Waals surface area contributed by atoms with E-state index in [9.17, 15) is 26.8 Å². The van der Waals surface area contributed by atoms with E-state index in [0.717, 1.165) is 6.08 Å². The minimum absolute atomic E-state index is 0.0302. The molecule has 1 unspecified atom stereocenters. The molecule has 1 saturated heterocycles. The van der Waals surface area contributed by atoms with E-state index in [1.165, 1.54) is 43.3 Å². The number of ether oxygens (including phenoxy) is 3. The number of alkyl halides is 2. The van der Waals surface area contributed by atoms with E-state index in [2.05, 4.69) is 4.74 Å². The Hall–Kier alpha value is -2.69. The van der Waals surface area contributed by atoms with E-state index in [4.69, 9.17) is 9.47 Å². The van der Waals surface area contributed by atoms with Crippen LogP contribution in [0.1, 0.15) is 12.0 Å². The molecule has 0 aromatic heterocycles. The van der Waals surface area contributed by atoms with Gasteiger partial charge >= 0.3 is 12.6 Å². The van der Waals surface area contributed by atoms with Crippen LogP contribution in [-0.4, -0.2) is 70.1 Å². The number of esters is 1. The first-order chi connectivity index (χ1) is 13.6. The van der Waals surface area contributed by atoms with Crippen molar-refractivity contribution in [3.05, 3.63) is 29.8 Å². The van der Waals surface area contributed by atoms with E-state index in [1.807, 2.05) is 0 Å². The molecule has 1 amide bonds. The zero-order chi connectivity index (χ0) is 21.6. The molecule has 1 aromatic carbocycles. The maximum atomic E-state index is 12.3. The van der Waals surface area contributed by atoms with E-state index in [1.54, 1.807) is 0 Å². The van der Waals surface area contributed by atoms with Gasteiger partial charge in [-0.1, -0.05) is 6.07 Å². The van der Waals surface area contributed by atoms with Crippen LogP contribution in [-0.2, 0) is 24.2 Å². The predicted molar refractivity (Wildman–Crippen MR) is 99.4 cm³/mol. The molecule has 2 rings (SSSR count). The lowest BCUT2D eigenvalue weighted by atomic mass is 10.2. The van der Waals surface area contributed by atoms with Crippen molar-refractivity contribution in [1.82, 2.24) is 4.90 Å². The number of amides is 1. The molecule has 1 heterocycles. The molecule has 0 spiro atoms. The van der Waals surface area contributed by atoms with Crippen LogP contribution in [0, 0.1) is 0 Å². The summed E-state index contributed by atoms with van der Waals surface area (Å²) >= 11 is 0. The fourth-order valence-corrected chi connectivity index (χ4v) is 4.49. The summed E-state index contributed by atoms with van der Waals surface area (Å²) in [6.07, 6.45) is 2.77. The number of benzene rings is 1. The average Bonchev–Trinajstić information content (AvgIpc) is 3.03. The van der Waals surface area contributed by atoms with Crippen LogP contribution in [0.5, 0.6) is 11.5 Å². The molecule has 0 N–H and O–H groups in total. The lowest BCUT2D eigenvalue weighted by Crippen LogP contribution is -2.40. The first-order valence-corrected chi connectivity index (χ1v) is 10.4. The molecule has 1 atom stereocenters. The van der Waals surface area contributed by atoms with Gasteiger partial charge in [0.05, 0.1) is 18.6 Å². The standard InChI is InChI=1S/C18H21F2NO7S/c1-21(13-7-8-29(24,25)11-13)16(22)10-27-17(23)6-4-12-3-5-14(28-18(19)20)15(9-12)26-2/h3-6,9,13,18H,7-8,10-11H2,1-2H3/b6-4+. The molecule has 8 nitrogen and oxygen atoms in total. The fourth-order valence-electron chi connectivity index (χ4n) is 2.71. The third kappa shape index (κ3) is 6.70. The minimum Gasteiger partial charge on any atom is -0.493 e. The molecule has 0 bridgehead atoms. The number of hydrogen-bond acceptors (Lipinski definition) is 7. The Morgan fingerprint density at radius 3 is 2.62 bits per heavy atom. The molecule has 0 radical (unpaired) electrons. The summed E-state index contributed by atoms with van der Waals surface area (Å²) < 4.78 is 61.8. The number of nitrogens with zero attached hydrogens (tertiary/aromatic N) is 1. The van der Waals surface area contributed by atoms with Gasteiger partial charge in [-0.15, -0.1) is 0 Å². The van der Waals surface area contributed by atoms with Crippen LogP contribution in [0.3, 0.4) is 0 Å². The molecule has 1 aliphatic rings. The fraction of sp³-hybridized carbons (Fsp3) is 0.444. The highest BCUT2D eigenvalue weighted by molar-refractivity contribution is 7.91. The van der Waals surface area contributed by atoms with Crippen LogP contribution in [0.15, 0.2) is 24.3 Å². The van der Waals surface area contributed by atoms with Crippen LogP contribution < -0.4 is 9.47 Å². The molecular formula is C18H21F2NO7S. The van der Waals surface area contributed by atoms with Gasteiger partial charge in [-0.2, -0.15) is 8.78 Å². The van der Waals surface area contributed by atoms with Crippen molar-refractivity contribution in [2.24, 2.45) is 0 Å². The van der Waals surface area contributed by atoms with Crippen molar-refractivity contribution >= 4 is 27.8 Å². The van der Waals surface area contributed by atoms with Crippen molar-refractivity contribution in [3.63, 3.8) is 0 Å². The van der Waals surface area contributed by atoms with Crippen molar-refractivity contribution < 1.29 is 41.0 Å². The number of carbonyl (C=O) groups excluding carboxylic acids is 2. The first kappa shape index (κ1) is 22.6. The quantitative estimate of drug-likeness (QED) is 0.453. The van der Waals surface area contributed by atoms with Crippen molar-refractivity contribution in [3.8, 4) is 11.5 Å². The monoisotopic (exact) mass is 433 g/mol. The summed E-state index contributed by atoms with van der Waals surface area (Å²) in [5, 5.41) is 0. The van der Waals surface area contributed by atoms with Crippen LogP contribution >= 0.6 is 0 Å². The number of likely N-dealkylation sites (N-methyl/N-ethyl adjacent to an activating group) is 1. The predicted octanol–water partition coefficient (Wildman–Crippen LogP) is 1.50. The average molecular weight is 433 g/mol. The zero-order valence-corrected chi connectivity index (χ0v) is 16.7. The van der Waals surface area contributed by atoms with Crippen LogP contribution in [0.2, 0.25) is 0 Å². The maximum Gasteiger partial charge on any atom is 0.387 e. The molecule has 11 heteroatoms. The van der Waals surface area contributed by atoms with Gasteiger partial charge in [-0.3, -0.25) is 4.79 Å². The van der Waals surface area contributed by atoms with Gasteiger partial charge in [0.1, 0.15) is 0 Å². The van der Waals surface area contributed by atoms with Gasteiger partial charge in [0, 0.05) is 19.2 Å². The van der Waals surface area contributed by atoms with E-state index in [-0.39, 0.29) is 23.0 Å². The topological polar surface area (TPSA) is 99.2 Å². The Morgan fingerprint density at radius 2 is 2.03 bits per heavy atom. The van der Waals surface area contributed by atoms with Crippen molar-refractivity contribution in [2.75, 3.05) is 32.3 Å². The van der Waals surface area contributed by atoms with E-state index < -0.39 is 41.0 Å². The number of halogens is 2. The summed E-state index contributed by atoms with van der Waals surface area (Å²) in [4.78, 5) is 25.1.